The molecule has 11 heteroatoms. The molecule has 1 saturated heterocycles. The van der Waals surface area contributed by atoms with Gasteiger partial charge in [0.05, 0.1) is 5.75 Å². The molecule has 174 valence electrons. The van der Waals surface area contributed by atoms with Gasteiger partial charge in [0.25, 0.3) is 5.91 Å². The molecule has 1 amide bonds. The summed E-state index contributed by atoms with van der Waals surface area (Å²) in [5.41, 5.74) is 6.07. The van der Waals surface area contributed by atoms with E-state index in [-0.39, 0.29) is 49.9 Å². The third-order valence-electron chi connectivity index (χ3n) is 5.18. The van der Waals surface area contributed by atoms with Crippen molar-refractivity contribution in [2.45, 2.75) is 12.2 Å². The number of carbonyl (C=O) groups excluding carboxylic acids is 1. The van der Waals surface area contributed by atoms with E-state index in [1.54, 1.807) is 18.2 Å². The standard InChI is InChI=1S/C21H25F3N4O3S/c22-21(23,24)19(16-4-2-1-3-5-16)27-11-13-28(14-12-27)20(29)17-6-8-18(9-7-17)26-32(30,31)15-10-25/h1-9,19,26H,10-15,25H2. The average molecular weight is 471 g/mol. The molecule has 3 N–H and O–H groups in total. The zero-order chi connectivity index (χ0) is 23.4. The highest BCUT2D eigenvalue weighted by Gasteiger charge is 2.45. The number of amides is 1. The van der Waals surface area contributed by atoms with Crippen LogP contribution in [0.3, 0.4) is 0 Å². The Morgan fingerprint density at radius 2 is 1.59 bits per heavy atom. The highest BCUT2D eigenvalue weighted by atomic mass is 32.2. The van der Waals surface area contributed by atoms with E-state index in [2.05, 4.69) is 4.72 Å². The van der Waals surface area contributed by atoms with Crippen LogP contribution in [0.15, 0.2) is 54.6 Å². The summed E-state index contributed by atoms with van der Waals surface area (Å²) >= 11 is 0. The predicted molar refractivity (Wildman–Crippen MR) is 116 cm³/mol. The number of hydrogen-bond acceptors (Lipinski definition) is 5. The van der Waals surface area contributed by atoms with E-state index in [9.17, 15) is 26.4 Å². The zero-order valence-corrected chi connectivity index (χ0v) is 18.1. The molecule has 32 heavy (non-hydrogen) atoms. The maximum atomic E-state index is 13.7. The minimum absolute atomic E-state index is 0.0165. The third-order valence-corrected chi connectivity index (χ3v) is 6.50. The molecule has 1 aliphatic rings. The number of halogens is 3. The molecule has 0 aliphatic carbocycles. The maximum Gasteiger partial charge on any atom is 0.408 e. The monoisotopic (exact) mass is 470 g/mol. The van der Waals surface area contributed by atoms with Crippen molar-refractivity contribution in [3.8, 4) is 0 Å². The molecule has 7 nitrogen and oxygen atoms in total. The Bertz CT molecular complexity index is 1010. The van der Waals surface area contributed by atoms with Crippen LogP contribution in [0.5, 0.6) is 0 Å². The first-order valence-electron chi connectivity index (χ1n) is 10.1. The van der Waals surface area contributed by atoms with E-state index in [1.807, 2.05) is 0 Å². The van der Waals surface area contributed by atoms with E-state index in [0.717, 1.165) is 0 Å². The Morgan fingerprint density at radius 1 is 1.00 bits per heavy atom. The van der Waals surface area contributed by atoms with Gasteiger partial charge in [-0.25, -0.2) is 8.42 Å². The summed E-state index contributed by atoms with van der Waals surface area (Å²) in [6.07, 6.45) is -4.43. The van der Waals surface area contributed by atoms with E-state index in [1.165, 1.54) is 46.2 Å². The number of anilines is 1. The number of piperazine rings is 1. The Hall–Kier alpha value is -2.63. The van der Waals surface area contributed by atoms with Crippen LogP contribution in [0.2, 0.25) is 0 Å². The summed E-state index contributed by atoms with van der Waals surface area (Å²) in [5, 5.41) is 0. The average Bonchev–Trinajstić information content (AvgIpc) is 2.74. The van der Waals surface area contributed by atoms with Crippen molar-refractivity contribution in [1.29, 1.82) is 0 Å². The summed E-state index contributed by atoms with van der Waals surface area (Å²) in [4.78, 5) is 15.6. The minimum atomic E-state index is -4.43. The quantitative estimate of drug-likeness (QED) is 0.648. The number of benzene rings is 2. The van der Waals surface area contributed by atoms with Crippen molar-refractivity contribution in [2.75, 3.05) is 43.2 Å². The fourth-order valence-corrected chi connectivity index (χ4v) is 4.58. The van der Waals surface area contributed by atoms with Crippen molar-refractivity contribution < 1.29 is 26.4 Å². The molecule has 1 unspecified atom stereocenters. The van der Waals surface area contributed by atoms with Crippen molar-refractivity contribution in [1.82, 2.24) is 9.80 Å². The van der Waals surface area contributed by atoms with Crippen LogP contribution in [0.25, 0.3) is 0 Å². The lowest BCUT2D eigenvalue weighted by Gasteiger charge is -2.40. The lowest BCUT2D eigenvalue weighted by molar-refractivity contribution is -0.189. The number of sulfonamides is 1. The van der Waals surface area contributed by atoms with E-state index in [4.69, 9.17) is 5.73 Å². The minimum Gasteiger partial charge on any atom is -0.336 e. The van der Waals surface area contributed by atoms with Gasteiger partial charge in [-0.2, -0.15) is 13.2 Å². The first-order chi connectivity index (χ1) is 15.1. The van der Waals surface area contributed by atoms with Crippen molar-refractivity contribution in [3.05, 3.63) is 65.7 Å². The largest absolute Gasteiger partial charge is 0.408 e. The maximum absolute atomic E-state index is 13.7. The van der Waals surface area contributed by atoms with Gasteiger partial charge in [-0.05, 0) is 29.8 Å². The van der Waals surface area contributed by atoms with Gasteiger partial charge in [0.2, 0.25) is 10.0 Å². The molecule has 2 aromatic carbocycles. The summed E-state index contributed by atoms with van der Waals surface area (Å²) in [6.45, 7) is 0.465. The van der Waals surface area contributed by atoms with E-state index >= 15 is 0 Å². The van der Waals surface area contributed by atoms with Gasteiger partial charge >= 0.3 is 6.18 Å². The van der Waals surface area contributed by atoms with Crippen LogP contribution in [0.1, 0.15) is 22.0 Å². The smallest absolute Gasteiger partial charge is 0.336 e. The molecule has 0 radical (unpaired) electrons. The predicted octanol–water partition coefficient (Wildman–Crippen LogP) is 2.45. The molecule has 1 heterocycles. The van der Waals surface area contributed by atoms with Crippen LogP contribution >= 0.6 is 0 Å². The Morgan fingerprint density at radius 3 is 2.12 bits per heavy atom. The summed E-state index contributed by atoms with van der Waals surface area (Å²) in [7, 11) is -3.56. The normalized spacial score (nSPS) is 16.6. The second-order valence-corrected chi connectivity index (χ2v) is 9.31. The summed E-state index contributed by atoms with van der Waals surface area (Å²) < 4.78 is 67.1. The molecular weight excluding hydrogens is 445 g/mol. The second-order valence-electron chi connectivity index (χ2n) is 7.47. The lowest BCUT2D eigenvalue weighted by atomic mass is 10.0. The lowest BCUT2D eigenvalue weighted by Crippen LogP contribution is -2.52. The molecule has 0 saturated carbocycles. The molecule has 1 fully saturated rings. The van der Waals surface area contributed by atoms with Crippen LogP contribution in [0.4, 0.5) is 18.9 Å². The van der Waals surface area contributed by atoms with Gasteiger partial charge in [-0.3, -0.25) is 14.4 Å². The van der Waals surface area contributed by atoms with Crippen LogP contribution in [-0.2, 0) is 10.0 Å². The van der Waals surface area contributed by atoms with E-state index < -0.39 is 22.2 Å². The number of alkyl halides is 3. The highest BCUT2D eigenvalue weighted by Crippen LogP contribution is 2.38. The van der Waals surface area contributed by atoms with Crippen molar-refractivity contribution >= 4 is 21.6 Å². The molecule has 1 aliphatic heterocycles. The summed E-state index contributed by atoms with van der Waals surface area (Å²) in [6, 6.07) is 11.9. The van der Waals surface area contributed by atoms with Crippen LogP contribution in [-0.4, -0.2) is 68.8 Å². The number of nitrogens with two attached hydrogens (primary N) is 1. The zero-order valence-electron chi connectivity index (χ0n) is 17.3. The molecule has 1 atom stereocenters. The topological polar surface area (TPSA) is 95.7 Å². The third kappa shape index (κ3) is 5.99. The summed E-state index contributed by atoms with van der Waals surface area (Å²) in [5.74, 6) is -0.538. The molecular formula is C21H25F3N4O3S. The fraction of sp³-hybridized carbons (Fsp3) is 0.381. The molecule has 0 aromatic heterocycles. The fourth-order valence-electron chi connectivity index (χ4n) is 3.67. The number of carbonyl (C=O) groups is 1. The molecule has 0 bridgehead atoms. The van der Waals surface area contributed by atoms with Crippen LogP contribution in [0, 0.1) is 0 Å². The van der Waals surface area contributed by atoms with Crippen molar-refractivity contribution in [3.63, 3.8) is 0 Å². The van der Waals surface area contributed by atoms with E-state index in [0.29, 0.717) is 11.3 Å². The first kappa shape index (κ1) is 24.0. The number of hydrogen-bond donors (Lipinski definition) is 2. The van der Waals surface area contributed by atoms with Crippen molar-refractivity contribution in [2.24, 2.45) is 5.73 Å². The van der Waals surface area contributed by atoms with Gasteiger partial charge in [-0.15, -0.1) is 0 Å². The number of rotatable bonds is 7. The van der Waals surface area contributed by atoms with Gasteiger partial charge in [0.1, 0.15) is 6.04 Å². The van der Waals surface area contributed by atoms with Gasteiger partial charge in [-0.1, -0.05) is 30.3 Å². The Kier molecular flexibility index (Phi) is 7.42. The highest BCUT2D eigenvalue weighted by molar-refractivity contribution is 7.92. The second kappa shape index (κ2) is 9.88. The van der Waals surface area contributed by atoms with Gasteiger partial charge in [0, 0.05) is 44.0 Å². The molecule has 3 rings (SSSR count). The number of nitrogens with one attached hydrogen (secondary N) is 1. The SMILES string of the molecule is NCCS(=O)(=O)Nc1ccc(C(=O)N2CCN(C(c3ccccc3)C(F)(F)F)CC2)cc1. The molecule has 0 spiro atoms. The Balaban J connectivity index is 1.64. The first-order valence-corrected chi connectivity index (χ1v) is 11.7. The Labute approximate surface area is 185 Å². The number of nitrogens with zero attached hydrogens (tertiary/aromatic N) is 2. The van der Waals surface area contributed by atoms with Gasteiger partial charge in [0.15, 0.2) is 0 Å². The molecule has 2 aromatic rings. The van der Waals surface area contributed by atoms with Crippen LogP contribution < -0.4 is 10.5 Å². The van der Waals surface area contributed by atoms with Gasteiger partial charge < -0.3 is 10.6 Å².